The lowest BCUT2D eigenvalue weighted by molar-refractivity contribution is 0.277. The van der Waals surface area contributed by atoms with Gasteiger partial charge < -0.3 is 10.1 Å². The zero-order valence-corrected chi connectivity index (χ0v) is 11.3. The number of nitrogens with one attached hydrogen (secondary N) is 1. The molecular weight excluding hydrogens is 296 g/mol. The Morgan fingerprint density at radius 1 is 1.00 bits per heavy atom. The molecule has 0 spiro atoms. The van der Waals surface area contributed by atoms with Gasteiger partial charge in [-0.25, -0.2) is 0 Å². The van der Waals surface area contributed by atoms with Crippen LogP contribution in [-0.4, -0.2) is 10.1 Å². The lowest BCUT2D eigenvalue weighted by atomic mass is 10.0. The third-order valence-corrected chi connectivity index (χ3v) is 3.78. The molecule has 2 N–H and O–H groups in total. The third kappa shape index (κ3) is 2.40. The Morgan fingerprint density at radius 3 is 2.33 bits per heavy atom. The number of hydrogen-bond donors (Lipinski definition) is 2. The molecule has 0 amide bonds. The Hall–Kier alpha value is -1.00. The van der Waals surface area contributed by atoms with E-state index in [9.17, 15) is 9.90 Å². The summed E-state index contributed by atoms with van der Waals surface area (Å²) in [5.74, 6) is 0. The molecule has 18 heavy (non-hydrogen) atoms. The maximum Gasteiger partial charge on any atom is 0.248 e. The second-order valence-electron chi connectivity index (χ2n) is 3.60. The van der Waals surface area contributed by atoms with E-state index in [1.807, 2.05) is 0 Å². The summed E-state index contributed by atoms with van der Waals surface area (Å²) < 4.78 is 0. The van der Waals surface area contributed by atoms with Gasteiger partial charge in [-0.3, -0.25) is 4.79 Å². The SMILES string of the molecule is O=c1ccc(-c2ccc(Cl)c(Cl)c2Cl)c(CO)[nH]1. The topological polar surface area (TPSA) is 53.1 Å². The zero-order chi connectivity index (χ0) is 13.3. The van der Waals surface area contributed by atoms with Crippen LogP contribution < -0.4 is 5.56 Å². The van der Waals surface area contributed by atoms with E-state index < -0.39 is 0 Å². The largest absolute Gasteiger partial charge is 0.390 e. The Bertz CT molecular complexity index is 652. The van der Waals surface area contributed by atoms with Crippen molar-refractivity contribution in [3.8, 4) is 11.1 Å². The second-order valence-corrected chi connectivity index (χ2v) is 4.76. The van der Waals surface area contributed by atoms with Gasteiger partial charge in [0.25, 0.3) is 0 Å². The first-order chi connectivity index (χ1) is 8.54. The molecule has 2 rings (SSSR count). The molecule has 0 aliphatic carbocycles. The van der Waals surface area contributed by atoms with Crippen molar-refractivity contribution in [1.29, 1.82) is 0 Å². The maximum absolute atomic E-state index is 11.2. The van der Waals surface area contributed by atoms with Crippen LogP contribution in [0.3, 0.4) is 0 Å². The molecule has 0 unspecified atom stereocenters. The molecule has 3 nitrogen and oxygen atoms in total. The molecule has 0 aliphatic rings. The van der Waals surface area contributed by atoms with Crippen LogP contribution in [-0.2, 0) is 6.61 Å². The van der Waals surface area contributed by atoms with Crippen molar-refractivity contribution in [2.75, 3.05) is 0 Å². The Labute approximate surface area is 118 Å². The number of aromatic nitrogens is 1. The van der Waals surface area contributed by atoms with Gasteiger partial charge >= 0.3 is 0 Å². The zero-order valence-electron chi connectivity index (χ0n) is 9.01. The Kier molecular flexibility index (Phi) is 3.97. The van der Waals surface area contributed by atoms with Crippen LogP contribution in [0.25, 0.3) is 11.1 Å². The number of aromatic amines is 1. The lowest BCUT2D eigenvalue weighted by Gasteiger charge is -2.10. The van der Waals surface area contributed by atoms with E-state index in [0.29, 0.717) is 21.8 Å². The van der Waals surface area contributed by atoms with E-state index in [1.165, 1.54) is 6.07 Å². The standard InChI is InChI=1S/C12H8Cl3NO2/c13-8-3-1-7(11(14)12(8)15)6-2-4-10(18)16-9(6)5-17/h1-4,17H,5H2,(H,16,18). The molecule has 1 aromatic carbocycles. The first-order valence-electron chi connectivity index (χ1n) is 5.01. The highest BCUT2D eigenvalue weighted by molar-refractivity contribution is 6.49. The third-order valence-electron chi connectivity index (χ3n) is 2.48. The highest BCUT2D eigenvalue weighted by Crippen LogP contribution is 2.38. The van der Waals surface area contributed by atoms with E-state index in [4.69, 9.17) is 34.8 Å². The number of pyridine rings is 1. The normalized spacial score (nSPS) is 10.7. The maximum atomic E-state index is 11.2. The van der Waals surface area contributed by atoms with E-state index in [1.54, 1.807) is 18.2 Å². The Balaban J connectivity index is 2.69. The average molecular weight is 305 g/mol. The minimum atomic E-state index is -0.304. The summed E-state index contributed by atoms with van der Waals surface area (Å²) in [4.78, 5) is 13.7. The molecule has 0 atom stereocenters. The molecule has 0 fully saturated rings. The summed E-state index contributed by atoms with van der Waals surface area (Å²) in [5.41, 5.74) is 1.30. The van der Waals surface area contributed by atoms with Gasteiger partial charge in [-0.05, 0) is 12.1 Å². The monoisotopic (exact) mass is 303 g/mol. The fourth-order valence-corrected chi connectivity index (χ4v) is 2.27. The van der Waals surface area contributed by atoms with Crippen molar-refractivity contribution >= 4 is 34.8 Å². The summed E-state index contributed by atoms with van der Waals surface area (Å²) in [7, 11) is 0. The lowest BCUT2D eigenvalue weighted by Crippen LogP contribution is -2.08. The first kappa shape index (κ1) is 13.4. The predicted octanol–water partition coefficient (Wildman–Crippen LogP) is 3.49. The summed E-state index contributed by atoms with van der Waals surface area (Å²) in [6.07, 6.45) is 0. The fraction of sp³-hybridized carbons (Fsp3) is 0.0833. The number of halogens is 3. The molecule has 0 saturated carbocycles. The van der Waals surface area contributed by atoms with Crippen LogP contribution in [0.2, 0.25) is 15.1 Å². The molecule has 0 radical (unpaired) electrons. The van der Waals surface area contributed by atoms with Gasteiger partial charge in [0.2, 0.25) is 5.56 Å². The fourth-order valence-electron chi connectivity index (χ4n) is 1.63. The van der Waals surface area contributed by atoms with Gasteiger partial charge in [0.05, 0.1) is 27.4 Å². The van der Waals surface area contributed by atoms with Crippen LogP contribution in [0.15, 0.2) is 29.1 Å². The smallest absolute Gasteiger partial charge is 0.248 e. The van der Waals surface area contributed by atoms with Crippen LogP contribution in [0, 0.1) is 0 Å². The van der Waals surface area contributed by atoms with E-state index in [2.05, 4.69) is 4.98 Å². The van der Waals surface area contributed by atoms with Crippen LogP contribution >= 0.6 is 34.8 Å². The summed E-state index contributed by atoms with van der Waals surface area (Å²) >= 11 is 17.9. The molecule has 1 heterocycles. The van der Waals surface area contributed by atoms with Crippen molar-refractivity contribution < 1.29 is 5.11 Å². The summed E-state index contributed by atoms with van der Waals surface area (Å²) in [6, 6.07) is 6.23. The number of aliphatic hydroxyl groups is 1. The minimum Gasteiger partial charge on any atom is -0.390 e. The number of benzene rings is 1. The highest BCUT2D eigenvalue weighted by Gasteiger charge is 2.13. The Morgan fingerprint density at radius 2 is 1.67 bits per heavy atom. The molecule has 0 bridgehead atoms. The van der Waals surface area contributed by atoms with Crippen LogP contribution in [0.5, 0.6) is 0 Å². The van der Waals surface area contributed by atoms with Gasteiger partial charge in [0, 0.05) is 17.2 Å². The van der Waals surface area contributed by atoms with E-state index in [-0.39, 0.29) is 22.2 Å². The van der Waals surface area contributed by atoms with Gasteiger partial charge in [-0.1, -0.05) is 40.9 Å². The molecule has 6 heteroatoms. The molecule has 2 aromatic rings. The molecule has 1 aromatic heterocycles. The van der Waals surface area contributed by atoms with Gasteiger partial charge in [0.1, 0.15) is 0 Å². The van der Waals surface area contributed by atoms with E-state index in [0.717, 1.165) is 0 Å². The van der Waals surface area contributed by atoms with E-state index >= 15 is 0 Å². The van der Waals surface area contributed by atoms with Crippen molar-refractivity contribution in [1.82, 2.24) is 4.98 Å². The summed E-state index contributed by atoms with van der Waals surface area (Å²) in [6.45, 7) is -0.304. The highest BCUT2D eigenvalue weighted by atomic mass is 35.5. The van der Waals surface area contributed by atoms with Crippen molar-refractivity contribution in [2.45, 2.75) is 6.61 Å². The number of hydrogen-bond acceptors (Lipinski definition) is 2. The minimum absolute atomic E-state index is 0.242. The first-order valence-corrected chi connectivity index (χ1v) is 6.15. The number of H-pyrrole nitrogens is 1. The quantitative estimate of drug-likeness (QED) is 0.834. The van der Waals surface area contributed by atoms with Crippen LogP contribution in [0.4, 0.5) is 0 Å². The van der Waals surface area contributed by atoms with Crippen molar-refractivity contribution in [3.05, 3.63) is 55.4 Å². The summed E-state index contributed by atoms with van der Waals surface area (Å²) in [5, 5.41) is 10.1. The van der Waals surface area contributed by atoms with Gasteiger partial charge in [0.15, 0.2) is 0 Å². The van der Waals surface area contributed by atoms with Gasteiger partial charge in [-0.15, -0.1) is 0 Å². The van der Waals surface area contributed by atoms with Gasteiger partial charge in [-0.2, -0.15) is 0 Å². The molecule has 94 valence electrons. The number of rotatable bonds is 2. The molecule has 0 saturated heterocycles. The molecule has 0 aliphatic heterocycles. The predicted molar refractivity (Wildman–Crippen MR) is 73.5 cm³/mol. The van der Waals surface area contributed by atoms with Crippen molar-refractivity contribution in [2.24, 2.45) is 0 Å². The van der Waals surface area contributed by atoms with Crippen LogP contribution in [0.1, 0.15) is 5.69 Å². The number of aliphatic hydroxyl groups excluding tert-OH is 1. The molecular formula is C12H8Cl3NO2. The van der Waals surface area contributed by atoms with Crippen molar-refractivity contribution in [3.63, 3.8) is 0 Å². The average Bonchev–Trinajstić information content (AvgIpc) is 2.37. The second kappa shape index (κ2) is 5.33.